The molecule has 0 saturated carbocycles. The van der Waals surface area contributed by atoms with E-state index in [1.807, 2.05) is 0 Å². The predicted molar refractivity (Wildman–Crippen MR) is 108 cm³/mol. The van der Waals surface area contributed by atoms with Crippen molar-refractivity contribution in [2.24, 2.45) is 5.92 Å². The van der Waals surface area contributed by atoms with Crippen molar-refractivity contribution < 1.29 is 28.7 Å². The molecule has 0 spiro atoms. The van der Waals surface area contributed by atoms with Gasteiger partial charge in [0.1, 0.15) is 11.2 Å². The van der Waals surface area contributed by atoms with Gasteiger partial charge in [0.05, 0.1) is 40.8 Å². The number of benzene rings is 1. The summed E-state index contributed by atoms with van der Waals surface area (Å²) in [6.45, 7) is 1.92. The van der Waals surface area contributed by atoms with Crippen molar-refractivity contribution in [2.45, 2.75) is 23.1 Å². The number of methoxy groups -OCH3 is 1. The Balaban J connectivity index is 1.70. The number of carbonyl (C=O) groups excluding carboxylic acids is 4. The van der Waals surface area contributed by atoms with Gasteiger partial charge in [0.2, 0.25) is 11.8 Å². The molecule has 0 bridgehead atoms. The standard InChI is InChI=1S/C19H16N2O7S2/c1-3-28-17(24)8-4-6-9(7-5-8)21-15(22)10-11(18(25)27-2)12-14(20-19(26)30-12)29-13(10)16(21)23/h4-7,10-11,13H,3H2,1-2H3,(H,20,26)/t10-,11-,13-/m1/s1. The zero-order valence-corrected chi connectivity index (χ0v) is 17.5. The summed E-state index contributed by atoms with van der Waals surface area (Å²) in [6.07, 6.45) is 0. The number of thioether (sulfide) groups is 1. The van der Waals surface area contributed by atoms with Crippen LogP contribution in [0, 0.1) is 5.92 Å². The maximum atomic E-state index is 13.2. The Morgan fingerprint density at radius 3 is 2.47 bits per heavy atom. The normalized spacial score (nSPS) is 22.5. The number of esters is 2. The van der Waals surface area contributed by atoms with Crippen molar-refractivity contribution in [2.75, 3.05) is 18.6 Å². The van der Waals surface area contributed by atoms with Crippen molar-refractivity contribution in [1.29, 1.82) is 0 Å². The van der Waals surface area contributed by atoms with Crippen LogP contribution in [0.15, 0.2) is 34.1 Å². The zero-order valence-electron chi connectivity index (χ0n) is 15.9. The number of imide groups is 1. The van der Waals surface area contributed by atoms with Gasteiger partial charge in [-0.05, 0) is 31.2 Å². The van der Waals surface area contributed by atoms with Crippen LogP contribution in [0.1, 0.15) is 28.1 Å². The molecule has 0 unspecified atom stereocenters. The number of ether oxygens (including phenoxy) is 2. The summed E-state index contributed by atoms with van der Waals surface area (Å²) in [5.41, 5.74) is 0.576. The maximum absolute atomic E-state index is 13.2. The van der Waals surface area contributed by atoms with Crippen molar-refractivity contribution >= 4 is 52.5 Å². The van der Waals surface area contributed by atoms with Gasteiger partial charge in [-0.1, -0.05) is 23.1 Å². The van der Waals surface area contributed by atoms with Crippen LogP contribution in [0.4, 0.5) is 5.69 Å². The van der Waals surface area contributed by atoms with Crippen molar-refractivity contribution in [1.82, 2.24) is 4.98 Å². The van der Waals surface area contributed by atoms with Crippen LogP contribution in [0.2, 0.25) is 0 Å². The maximum Gasteiger partial charge on any atom is 0.338 e. The highest BCUT2D eigenvalue weighted by molar-refractivity contribution is 8.00. The molecule has 2 aromatic rings. The van der Waals surface area contributed by atoms with E-state index in [-0.39, 0.29) is 17.2 Å². The minimum Gasteiger partial charge on any atom is -0.469 e. The molecule has 1 aromatic heterocycles. The average Bonchev–Trinajstić information content (AvgIpc) is 3.22. The van der Waals surface area contributed by atoms with Crippen molar-refractivity contribution in [3.05, 3.63) is 44.4 Å². The van der Waals surface area contributed by atoms with Crippen molar-refractivity contribution in [3.63, 3.8) is 0 Å². The summed E-state index contributed by atoms with van der Waals surface area (Å²) in [6, 6.07) is 5.90. The molecule has 1 fully saturated rings. The van der Waals surface area contributed by atoms with Gasteiger partial charge in [0.15, 0.2) is 0 Å². The van der Waals surface area contributed by atoms with Crippen LogP contribution in [-0.2, 0) is 23.9 Å². The largest absolute Gasteiger partial charge is 0.469 e. The van der Waals surface area contributed by atoms with E-state index >= 15 is 0 Å². The van der Waals surface area contributed by atoms with Crippen LogP contribution in [0.5, 0.6) is 0 Å². The number of hydrogen-bond acceptors (Lipinski definition) is 9. The van der Waals surface area contributed by atoms with Crippen LogP contribution in [0.3, 0.4) is 0 Å². The monoisotopic (exact) mass is 448 g/mol. The first-order valence-electron chi connectivity index (χ1n) is 8.99. The predicted octanol–water partition coefficient (Wildman–Crippen LogP) is 1.53. The van der Waals surface area contributed by atoms with E-state index in [1.165, 1.54) is 31.4 Å². The first-order valence-corrected chi connectivity index (χ1v) is 10.7. The van der Waals surface area contributed by atoms with Gasteiger partial charge in [-0.3, -0.25) is 19.2 Å². The number of thiazole rings is 1. The average molecular weight is 448 g/mol. The fraction of sp³-hybridized carbons (Fsp3) is 0.316. The van der Waals surface area contributed by atoms with Gasteiger partial charge in [0.25, 0.3) is 0 Å². The molecule has 3 heterocycles. The summed E-state index contributed by atoms with van der Waals surface area (Å²) >= 11 is 1.90. The Labute approximate surface area is 178 Å². The third-order valence-electron chi connectivity index (χ3n) is 4.92. The Morgan fingerprint density at radius 1 is 1.13 bits per heavy atom. The number of amides is 2. The Bertz CT molecular complexity index is 1100. The van der Waals surface area contributed by atoms with Crippen LogP contribution < -0.4 is 9.77 Å². The summed E-state index contributed by atoms with van der Waals surface area (Å²) < 4.78 is 9.80. The van der Waals surface area contributed by atoms with Gasteiger partial charge >= 0.3 is 16.8 Å². The van der Waals surface area contributed by atoms with Gasteiger partial charge in [-0.15, -0.1) is 0 Å². The molecule has 0 radical (unpaired) electrons. The van der Waals surface area contributed by atoms with Gasteiger partial charge in [-0.25, -0.2) is 9.69 Å². The Morgan fingerprint density at radius 2 is 1.83 bits per heavy atom. The topological polar surface area (TPSA) is 123 Å². The van der Waals surface area contributed by atoms with Crippen LogP contribution in [-0.4, -0.2) is 47.7 Å². The molecule has 2 amide bonds. The molecular formula is C19H16N2O7S2. The first-order chi connectivity index (χ1) is 14.4. The summed E-state index contributed by atoms with van der Waals surface area (Å²) in [5.74, 6) is -4.26. The molecule has 9 nitrogen and oxygen atoms in total. The quantitative estimate of drug-likeness (QED) is 0.552. The molecule has 11 heteroatoms. The van der Waals surface area contributed by atoms with Crippen LogP contribution in [0.25, 0.3) is 0 Å². The van der Waals surface area contributed by atoms with Gasteiger partial charge in [0, 0.05) is 0 Å². The molecular weight excluding hydrogens is 432 g/mol. The first kappa shape index (κ1) is 20.4. The molecule has 3 atom stereocenters. The molecule has 30 heavy (non-hydrogen) atoms. The molecule has 1 aromatic carbocycles. The molecule has 1 N–H and O–H groups in total. The molecule has 0 aliphatic carbocycles. The Kier molecular flexibility index (Phi) is 5.24. The fourth-order valence-corrected chi connectivity index (χ4v) is 6.09. The third-order valence-corrected chi connectivity index (χ3v) is 7.32. The lowest BCUT2D eigenvalue weighted by atomic mass is 9.89. The number of rotatable bonds is 4. The van der Waals surface area contributed by atoms with E-state index in [1.54, 1.807) is 6.92 Å². The van der Waals surface area contributed by atoms with E-state index in [4.69, 9.17) is 9.47 Å². The van der Waals surface area contributed by atoms with E-state index in [2.05, 4.69) is 4.98 Å². The second kappa shape index (κ2) is 7.73. The number of fused-ring (bicyclic) bond motifs is 2. The number of H-pyrrole nitrogens is 1. The molecule has 156 valence electrons. The fourth-order valence-electron chi connectivity index (χ4n) is 3.61. The van der Waals surface area contributed by atoms with Crippen molar-refractivity contribution in [3.8, 4) is 0 Å². The molecule has 4 rings (SSSR count). The lowest BCUT2D eigenvalue weighted by Crippen LogP contribution is -2.35. The van der Waals surface area contributed by atoms with E-state index in [0.29, 0.717) is 15.5 Å². The summed E-state index contributed by atoms with van der Waals surface area (Å²) in [4.78, 5) is 66.1. The number of aromatic amines is 1. The highest BCUT2D eigenvalue weighted by Gasteiger charge is 2.58. The Hall–Kier alpha value is -2.92. The zero-order chi connectivity index (χ0) is 21.6. The minimum absolute atomic E-state index is 0.228. The second-order valence-corrected chi connectivity index (χ2v) is 8.72. The number of hydrogen-bond donors (Lipinski definition) is 1. The molecule has 2 aliphatic rings. The second-order valence-electron chi connectivity index (χ2n) is 6.55. The SMILES string of the molecule is CCOC(=O)c1ccc(N2C(=O)[C@H]3[C@@H](Sc4[nH]c(=O)sc4[C@@H]3C(=O)OC)C2=O)cc1. The lowest BCUT2D eigenvalue weighted by Gasteiger charge is -2.27. The summed E-state index contributed by atoms with van der Waals surface area (Å²) in [7, 11) is 1.20. The minimum atomic E-state index is -1.04. The molecule has 2 aliphatic heterocycles. The third kappa shape index (κ3) is 3.14. The smallest absolute Gasteiger partial charge is 0.338 e. The number of nitrogens with zero attached hydrogens (tertiary/aromatic N) is 1. The van der Waals surface area contributed by atoms with E-state index in [0.717, 1.165) is 28.0 Å². The lowest BCUT2D eigenvalue weighted by molar-refractivity contribution is -0.145. The van der Waals surface area contributed by atoms with E-state index in [9.17, 15) is 24.0 Å². The van der Waals surface area contributed by atoms with Gasteiger partial charge < -0.3 is 14.5 Å². The highest BCUT2D eigenvalue weighted by atomic mass is 32.2. The summed E-state index contributed by atoms with van der Waals surface area (Å²) in [5, 5.41) is -0.466. The number of anilines is 1. The van der Waals surface area contributed by atoms with E-state index < -0.39 is 40.8 Å². The van der Waals surface area contributed by atoms with Crippen LogP contribution >= 0.6 is 23.1 Å². The number of nitrogens with one attached hydrogen (secondary N) is 1. The molecule has 1 saturated heterocycles. The number of carbonyl (C=O) groups is 4. The highest BCUT2D eigenvalue weighted by Crippen LogP contribution is 2.51. The number of aromatic nitrogens is 1. The van der Waals surface area contributed by atoms with Gasteiger partial charge in [-0.2, -0.15) is 0 Å².